The molecule has 0 atom stereocenters. The van der Waals surface area contributed by atoms with Crippen molar-refractivity contribution >= 4 is 17.2 Å². The van der Waals surface area contributed by atoms with Crippen LogP contribution in [0.5, 0.6) is 0 Å². The van der Waals surface area contributed by atoms with Gasteiger partial charge >= 0.3 is 0 Å². The Morgan fingerprint density at radius 2 is 2.11 bits per heavy atom. The Morgan fingerprint density at radius 1 is 1.33 bits per heavy atom. The molecule has 1 aromatic heterocycles. The molecule has 5 heteroatoms. The van der Waals surface area contributed by atoms with Crippen molar-refractivity contribution in [1.29, 1.82) is 0 Å². The van der Waals surface area contributed by atoms with Gasteiger partial charge in [-0.1, -0.05) is 12.1 Å². The molecule has 0 saturated carbocycles. The van der Waals surface area contributed by atoms with Crippen molar-refractivity contribution in [2.75, 3.05) is 6.54 Å². The molecular weight excluding hydrogens is 251 g/mol. The number of carbonyl (C=O) groups is 1. The summed E-state index contributed by atoms with van der Waals surface area (Å²) < 4.78 is 12.7. The number of hydrogen-bond donors (Lipinski definition) is 1. The average Bonchev–Trinajstić information content (AvgIpc) is 2.85. The third-order valence-electron chi connectivity index (χ3n) is 2.42. The van der Waals surface area contributed by atoms with Crippen LogP contribution in [0.25, 0.3) is 0 Å². The molecule has 0 bridgehead atoms. The van der Waals surface area contributed by atoms with Crippen LogP contribution in [0.3, 0.4) is 0 Å². The van der Waals surface area contributed by atoms with E-state index in [9.17, 15) is 9.18 Å². The molecule has 0 fully saturated rings. The Hall–Kier alpha value is -1.75. The number of nitrogens with one attached hydrogen (secondary N) is 1. The van der Waals surface area contributed by atoms with Crippen LogP contribution in [0.15, 0.2) is 35.8 Å². The van der Waals surface area contributed by atoms with Crippen molar-refractivity contribution in [2.45, 2.75) is 12.8 Å². The lowest BCUT2D eigenvalue weighted by atomic mass is 10.1. The Labute approximate surface area is 109 Å². The molecule has 1 amide bonds. The maximum atomic E-state index is 12.7. The fourth-order valence-electron chi connectivity index (χ4n) is 1.54. The molecule has 1 aromatic carbocycles. The second-order valence-electron chi connectivity index (χ2n) is 3.83. The van der Waals surface area contributed by atoms with E-state index in [0.717, 1.165) is 17.0 Å². The Morgan fingerprint density at radius 3 is 2.78 bits per heavy atom. The maximum absolute atomic E-state index is 12.7. The first-order chi connectivity index (χ1) is 8.74. The van der Waals surface area contributed by atoms with Crippen LogP contribution in [-0.4, -0.2) is 17.4 Å². The van der Waals surface area contributed by atoms with Crippen LogP contribution in [0.1, 0.15) is 10.6 Å². The largest absolute Gasteiger partial charge is 0.355 e. The second kappa shape index (κ2) is 6.26. The Bertz CT molecular complexity index is 496. The lowest BCUT2D eigenvalue weighted by Gasteiger charge is -2.04. The number of hydrogen-bond acceptors (Lipinski definition) is 3. The third-order valence-corrected chi connectivity index (χ3v) is 3.26. The summed E-state index contributed by atoms with van der Waals surface area (Å²) in [5, 5.41) is 5.74. The van der Waals surface area contributed by atoms with Gasteiger partial charge in [0.2, 0.25) is 5.91 Å². The molecule has 0 aliphatic carbocycles. The number of benzene rings is 1. The number of thiazole rings is 1. The van der Waals surface area contributed by atoms with Gasteiger partial charge in [0.25, 0.3) is 0 Å². The molecule has 0 saturated heterocycles. The van der Waals surface area contributed by atoms with E-state index >= 15 is 0 Å². The highest BCUT2D eigenvalue weighted by molar-refractivity contribution is 7.09. The number of aromatic nitrogens is 1. The number of halogens is 1. The van der Waals surface area contributed by atoms with Gasteiger partial charge in [-0.3, -0.25) is 4.79 Å². The van der Waals surface area contributed by atoms with E-state index in [1.807, 2.05) is 5.38 Å². The van der Waals surface area contributed by atoms with E-state index in [4.69, 9.17) is 0 Å². The number of nitrogens with zero attached hydrogens (tertiary/aromatic N) is 1. The summed E-state index contributed by atoms with van der Waals surface area (Å²) in [5.74, 6) is -0.346. The zero-order valence-electron chi connectivity index (χ0n) is 9.73. The molecule has 18 heavy (non-hydrogen) atoms. The predicted molar refractivity (Wildman–Crippen MR) is 68.9 cm³/mol. The summed E-state index contributed by atoms with van der Waals surface area (Å²) in [6, 6.07) is 5.96. The van der Waals surface area contributed by atoms with Gasteiger partial charge in [0.1, 0.15) is 5.82 Å². The van der Waals surface area contributed by atoms with Crippen LogP contribution in [-0.2, 0) is 17.6 Å². The normalized spacial score (nSPS) is 10.3. The van der Waals surface area contributed by atoms with Crippen molar-refractivity contribution in [3.05, 3.63) is 52.2 Å². The van der Waals surface area contributed by atoms with Crippen molar-refractivity contribution in [2.24, 2.45) is 0 Å². The number of rotatable bonds is 5. The van der Waals surface area contributed by atoms with Gasteiger partial charge in [-0.05, 0) is 17.7 Å². The number of amides is 1. The van der Waals surface area contributed by atoms with Crippen LogP contribution in [0.2, 0.25) is 0 Å². The summed E-state index contributed by atoms with van der Waals surface area (Å²) in [4.78, 5) is 15.7. The molecule has 0 unspecified atom stereocenters. The van der Waals surface area contributed by atoms with Crippen LogP contribution >= 0.6 is 11.3 Å². The molecule has 0 spiro atoms. The Balaban J connectivity index is 1.73. The van der Waals surface area contributed by atoms with E-state index in [0.29, 0.717) is 6.54 Å². The van der Waals surface area contributed by atoms with Crippen LogP contribution in [0.4, 0.5) is 4.39 Å². The summed E-state index contributed by atoms with van der Waals surface area (Å²) in [5.41, 5.74) is 0.808. The van der Waals surface area contributed by atoms with E-state index in [2.05, 4.69) is 10.3 Å². The molecule has 0 aliphatic heterocycles. The monoisotopic (exact) mass is 264 g/mol. The van der Waals surface area contributed by atoms with E-state index < -0.39 is 0 Å². The van der Waals surface area contributed by atoms with Gasteiger partial charge in [-0.25, -0.2) is 9.37 Å². The summed E-state index contributed by atoms with van der Waals surface area (Å²) in [7, 11) is 0. The Kier molecular flexibility index (Phi) is 4.41. The topological polar surface area (TPSA) is 42.0 Å². The van der Waals surface area contributed by atoms with E-state index in [1.165, 1.54) is 12.1 Å². The summed E-state index contributed by atoms with van der Waals surface area (Å²) >= 11 is 1.58. The van der Waals surface area contributed by atoms with Crippen molar-refractivity contribution in [3.8, 4) is 0 Å². The van der Waals surface area contributed by atoms with Gasteiger partial charge in [0, 0.05) is 24.5 Å². The first-order valence-electron chi connectivity index (χ1n) is 5.63. The third kappa shape index (κ3) is 3.92. The van der Waals surface area contributed by atoms with Crippen molar-refractivity contribution < 1.29 is 9.18 Å². The SMILES string of the molecule is O=C(Cc1ccc(F)cc1)NCCc1nccs1. The molecule has 2 aromatic rings. The minimum absolute atomic E-state index is 0.0573. The number of carbonyl (C=O) groups excluding carboxylic acids is 1. The van der Waals surface area contributed by atoms with Gasteiger partial charge in [-0.2, -0.15) is 0 Å². The fraction of sp³-hybridized carbons (Fsp3) is 0.231. The molecule has 94 valence electrons. The van der Waals surface area contributed by atoms with Crippen LogP contribution < -0.4 is 5.32 Å². The highest BCUT2D eigenvalue weighted by Gasteiger charge is 2.03. The lowest BCUT2D eigenvalue weighted by Crippen LogP contribution is -2.27. The van der Waals surface area contributed by atoms with E-state index in [-0.39, 0.29) is 18.1 Å². The molecule has 2 rings (SSSR count). The van der Waals surface area contributed by atoms with Crippen LogP contribution in [0, 0.1) is 5.82 Å². The van der Waals surface area contributed by atoms with E-state index in [1.54, 1.807) is 29.7 Å². The standard InChI is InChI=1S/C13H13FN2OS/c14-11-3-1-10(2-4-11)9-12(17)15-6-5-13-16-7-8-18-13/h1-4,7-8H,5-6,9H2,(H,15,17). The summed E-state index contributed by atoms with van der Waals surface area (Å²) in [6.07, 6.45) is 2.77. The zero-order valence-corrected chi connectivity index (χ0v) is 10.5. The lowest BCUT2D eigenvalue weighted by molar-refractivity contribution is -0.120. The highest BCUT2D eigenvalue weighted by Crippen LogP contribution is 2.05. The second-order valence-corrected chi connectivity index (χ2v) is 4.81. The minimum atomic E-state index is -0.289. The smallest absolute Gasteiger partial charge is 0.224 e. The minimum Gasteiger partial charge on any atom is -0.355 e. The van der Waals surface area contributed by atoms with Gasteiger partial charge in [0.15, 0.2) is 0 Å². The maximum Gasteiger partial charge on any atom is 0.224 e. The average molecular weight is 264 g/mol. The molecule has 0 radical (unpaired) electrons. The quantitative estimate of drug-likeness (QED) is 0.899. The molecule has 3 nitrogen and oxygen atoms in total. The summed E-state index contributed by atoms with van der Waals surface area (Å²) in [6.45, 7) is 0.577. The first kappa shape index (κ1) is 12.7. The van der Waals surface area contributed by atoms with Gasteiger partial charge < -0.3 is 5.32 Å². The highest BCUT2D eigenvalue weighted by atomic mass is 32.1. The predicted octanol–water partition coefficient (Wildman–Crippen LogP) is 2.18. The molecule has 1 N–H and O–H groups in total. The molecule has 0 aliphatic rings. The molecular formula is C13H13FN2OS. The fourth-order valence-corrected chi connectivity index (χ4v) is 2.16. The van der Waals surface area contributed by atoms with Gasteiger partial charge in [-0.15, -0.1) is 11.3 Å². The zero-order chi connectivity index (χ0) is 12.8. The first-order valence-corrected chi connectivity index (χ1v) is 6.51. The molecule has 1 heterocycles. The van der Waals surface area contributed by atoms with Crippen molar-refractivity contribution in [3.63, 3.8) is 0 Å². The van der Waals surface area contributed by atoms with Gasteiger partial charge in [0.05, 0.1) is 11.4 Å². The van der Waals surface area contributed by atoms with Crippen molar-refractivity contribution in [1.82, 2.24) is 10.3 Å².